The number of hydrogen-bond acceptors (Lipinski definition) is 3. The summed E-state index contributed by atoms with van der Waals surface area (Å²) in [4.78, 5) is 4.36. The van der Waals surface area contributed by atoms with E-state index in [2.05, 4.69) is 29.5 Å². The fourth-order valence-electron chi connectivity index (χ4n) is 1.67. The Morgan fingerprint density at radius 3 is 2.86 bits per heavy atom. The van der Waals surface area contributed by atoms with Crippen molar-refractivity contribution in [2.24, 2.45) is 5.41 Å². The molecule has 1 fully saturated rings. The van der Waals surface area contributed by atoms with E-state index in [0.717, 1.165) is 6.54 Å². The summed E-state index contributed by atoms with van der Waals surface area (Å²) in [5.74, 6) is 0. The molecule has 0 atom stereocenters. The van der Waals surface area contributed by atoms with Crippen LogP contribution in [0.25, 0.3) is 0 Å². The van der Waals surface area contributed by atoms with Gasteiger partial charge in [-0.2, -0.15) is 0 Å². The van der Waals surface area contributed by atoms with Crippen molar-refractivity contribution in [3.05, 3.63) is 16.6 Å². The van der Waals surface area contributed by atoms with Crippen LogP contribution in [-0.2, 0) is 6.42 Å². The number of aromatic nitrogens is 1. The highest BCUT2D eigenvalue weighted by Gasteiger charge is 2.42. The molecular formula is C11H18N2S. The zero-order valence-corrected chi connectivity index (χ0v) is 9.73. The molecule has 0 spiro atoms. The van der Waals surface area contributed by atoms with Gasteiger partial charge >= 0.3 is 0 Å². The highest BCUT2D eigenvalue weighted by atomic mass is 32.1. The Morgan fingerprint density at radius 1 is 1.57 bits per heavy atom. The van der Waals surface area contributed by atoms with Gasteiger partial charge in [-0.15, -0.1) is 11.3 Å². The summed E-state index contributed by atoms with van der Waals surface area (Å²) in [5.41, 5.74) is 0.544. The molecule has 0 unspecified atom stereocenters. The molecule has 3 heteroatoms. The average molecular weight is 210 g/mol. The lowest BCUT2D eigenvalue weighted by Gasteiger charge is -2.16. The third-order valence-electron chi connectivity index (χ3n) is 2.85. The quantitative estimate of drug-likeness (QED) is 0.807. The van der Waals surface area contributed by atoms with Crippen LogP contribution in [0.4, 0.5) is 0 Å². The highest BCUT2D eigenvalue weighted by molar-refractivity contribution is 7.09. The third-order valence-corrected chi connectivity index (χ3v) is 3.63. The van der Waals surface area contributed by atoms with E-state index in [9.17, 15) is 0 Å². The number of thiazole rings is 1. The lowest BCUT2D eigenvalue weighted by Crippen LogP contribution is -2.30. The van der Waals surface area contributed by atoms with Crippen molar-refractivity contribution in [1.82, 2.24) is 10.3 Å². The molecule has 1 heterocycles. The number of nitrogens with zero attached hydrogens (tertiary/aromatic N) is 1. The average Bonchev–Trinajstić information content (AvgIpc) is 2.70. The highest BCUT2D eigenvalue weighted by Crippen LogP contribution is 2.48. The Hall–Kier alpha value is -0.410. The van der Waals surface area contributed by atoms with Gasteiger partial charge in [-0.3, -0.25) is 0 Å². The van der Waals surface area contributed by atoms with Crippen LogP contribution in [0.3, 0.4) is 0 Å². The van der Waals surface area contributed by atoms with E-state index < -0.39 is 0 Å². The molecule has 78 valence electrons. The normalized spacial score (nSPS) is 18.8. The van der Waals surface area contributed by atoms with Gasteiger partial charge in [0.1, 0.15) is 0 Å². The Bertz CT molecular complexity index is 275. The lowest BCUT2D eigenvalue weighted by atomic mass is 10.0. The van der Waals surface area contributed by atoms with Crippen molar-refractivity contribution >= 4 is 11.3 Å². The van der Waals surface area contributed by atoms with Gasteiger partial charge in [0.05, 0.1) is 5.01 Å². The van der Waals surface area contributed by atoms with E-state index in [4.69, 9.17) is 0 Å². The third kappa shape index (κ3) is 2.55. The fourth-order valence-corrected chi connectivity index (χ4v) is 2.46. The Morgan fingerprint density at radius 2 is 2.36 bits per heavy atom. The smallest absolute Gasteiger partial charge is 0.0930 e. The summed E-state index contributed by atoms with van der Waals surface area (Å²) >= 11 is 1.79. The van der Waals surface area contributed by atoms with Gasteiger partial charge in [0.2, 0.25) is 0 Å². The minimum absolute atomic E-state index is 0.544. The summed E-state index contributed by atoms with van der Waals surface area (Å²) < 4.78 is 0. The van der Waals surface area contributed by atoms with E-state index >= 15 is 0 Å². The molecular weight excluding hydrogens is 192 g/mol. The topological polar surface area (TPSA) is 24.9 Å². The molecule has 2 nitrogen and oxygen atoms in total. The molecule has 2 rings (SSSR count). The van der Waals surface area contributed by atoms with Crippen LogP contribution in [0, 0.1) is 5.41 Å². The van der Waals surface area contributed by atoms with Crippen LogP contribution >= 0.6 is 11.3 Å². The SMILES string of the molecule is CC(C)NCC1(Cc2nccs2)CC1. The van der Waals surface area contributed by atoms with Crippen LogP contribution in [0.5, 0.6) is 0 Å². The summed E-state index contributed by atoms with van der Waals surface area (Å²) in [7, 11) is 0. The van der Waals surface area contributed by atoms with E-state index in [0.29, 0.717) is 11.5 Å². The second kappa shape index (κ2) is 3.99. The minimum atomic E-state index is 0.544. The summed E-state index contributed by atoms with van der Waals surface area (Å²) in [5, 5.41) is 6.91. The van der Waals surface area contributed by atoms with Crippen LogP contribution in [0.15, 0.2) is 11.6 Å². The van der Waals surface area contributed by atoms with Crippen LogP contribution in [0.1, 0.15) is 31.7 Å². The Labute approximate surface area is 89.8 Å². The van der Waals surface area contributed by atoms with E-state index in [1.54, 1.807) is 11.3 Å². The number of rotatable bonds is 5. The summed E-state index contributed by atoms with van der Waals surface area (Å²) in [6.45, 7) is 5.57. The zero-order valence-electron chi connectivity index (χ0n) is 8.92. The maximum atomic E-state index is 4.36. The first-order valence-corrected chi connectivity index (χ1v) is 6.20. The Kier molecular flexibility index (Phi) is 2.88. The van der Waals surface area contributed by atoms with Gasteiger partial charge in [-0.05, 0) is 18.3 Å². The maximum Gasteiger partial charge on any atom is 0.0930 e. The molecule has 1 N–H and O–H groups in total. The predicted molar refractivity (Wildman–Crippen MR) is 60.6 cm³/mol. The number of nitrogens with one attached hydrogen (secondary N) is 1. The molecule has 0 amide bonds. The van der Waals surface area contributed by atoms with Crippen molar-refractivity contribution in [2.45, 2.75) is 39.2 Å². The van der Waals surface area contributed by atoms with Gasteiger partial charge in [0, 0.05) is 30.6 Å². The second-order valence-electron chi connectivity index (χ2n) is 4.64. The van der Waals surface area contributed by atoms with Crippen molar-refractivity contribution in [1.29, 1.82) is 0 Å². The molecule has 1 aromatic heterocycles. The molecule has 0 bridgehead atoms. The van der Waals surface area contributed by atoms with Crippen LogP contribution in [-0.4, -0.2) is 17.6 Å². The van der Waals surface area contributed by atoms with Gasteiger partial charge in [0.15, 0.2) is 0 Å². The van der Waals surface area contributed by atoms with Crippen molar-refractivity contribution < 1.29 is 0 Å². The molecule has 1 aliphatic carbocycles. The lowest BCUT2D eigenvalue weighted by molar-refractivity contribution is 0.429. The predicted octanol–water partition coefficient (Wildman–Crippen LogP) is 2.46. The largest absolute Gasteiger partial charge is 0.314 e. The molecule has 0 aliphatic heterocycles. The second-order valence-corrected chi connectivity index (χ2v) is 5.62. The van der Waals surface area contributed by atoms with Gasteiger partial charge < -0.3 is 5.32 Å². The fraction of sp³-hybridized carbons (Fsp3) is 0.727. The van der Waals surface area contributed by atoms with Crippen LogP contribution in [0.2, 0.25) is 0 Å². The number of hydrogen-bond donors (Lipinski definition) is 1. The minimum Gasteiger partial charge on any atom is -0.314 e. The first kappa shape index (κ1) is 10.1. The van der Waals surface area contributed by atoms with Crippen molar-refractivity contribution in [3.8, 4) is 0 Å². The zero-order chi connectivity index (χ0) is 10.0. The molecule has 1 saturated carbocycles. The van der Waals surface area contributed by atoms with Crippen molar-refractivity contribution in [2.75, 3.05) is 6.54 Å². The molecule has 1 aromatic rings. The molecule has 1 aliphatic rings. The molecule has 0 saturated heterocycles. The van der Waals surface area contributed by atoms with E-state index in [1.807, 2.05) is 6.20 Å². The van der Waals surface area contributed by atoms with E-state index in [-0.39, 0.29) is 0 Å². The van der Waals surface area contributed by atoms with Gasteiger partial charge in [-0.1, -0.05) is 13.8 Å². The monoisotopic (exact) mass is 210 g/mol. The Balaban J connectivity index is 1.84. The summed E-state index contributed by atoms with van der Waals surface area (Å²) in [6.07, 6.45) is 5.81. The van der Waals surface area contributed by atoms with Gasteiger partial charge in [0.25, 0.3) is 0 Å². The summed E-state index contributed by atoms with van der Waals surface area (Å²) in [6, 6.07) is 0.601. The molecule has 0 radical (unpaired) electrons. The molecule has 14 heavy (non-hydrogen) atoms. The van der Waals surface area contributed by atoms with Crippen LogP contribution < -0.4 is 5.32 Å². The van der Waals surface area contributed by atoms with Crippen molar-refractivity contribution in [3.63, 3.8) is 0 Å². The first-order chi connectivity index (χ1) is 6.70. The van der Waals surface area contributed by atoms with Gasteiger partial charge in [-0.25, -0.2) is 4.98 Å². The van der Waals surface area contributed by atoms with E-state index in [1.165, 1.54) is 24.3 Å². The maximum absolute atomic E-state index is 4.36. The first-order valence-electron chi connectivity index (χ1n) is 5.32. The molecule has 0 aromatic carbocycles. The standard InChI is InChI=1S/C11H18N2S/c1-9(2)13-8-11(3-4-11)7-10-12-5-6-14-10/h5-6,9,13H,3-4,7-8H2,1-2H3.